The van der Waals surface area contributed by atoms with Crippen LogP contribution in [0.3, 0.4) is 0 Å². The van der Waals surface area contributed by atoms with Gasteiger partial charge in [0.05, 0.1) is 29.1 Å². The molecule has 0 heterocycles. The van der Waals surface area contributed by atoms with Crippen LogP contribution >= 0.6 is 11.6 Å². The molecule has 24 heavy (non-hydrogen) atoms. The minimum Gasteiger partial charge on any atom is -0.506 e. The number of benzene rings is 2. The zero-order valence-electron chi connectivity index (χ0n) is 14.3. The van der Waals surface area contributed by atoms with E-state index in [1.54, 1.807) is 18.2 Å². The summed E-state index contributed by atoms with van der Waals surface area (Å²) in [6.07, 6.45) is 0.978. The largest absolute Gasteiger partial charge is 0.506 e. The van der Waals surface area contributed by atoms with Crippen LogP contribution in [0.25, 0.3) is 0 Å². The van der Waals surface area contributed by atoms with Gasteiger partial charge in [0.1, 0.15) is 5.75 Å². The zero-order valence-corrected chi connectivity index (χ0v) is 15.1. The molecule has 0 bridgehead atoms. The van der Waals surface area contributed by atoms with Gasteiger partial charge in [0.15, 0.2) is 0 Å². The molecule has 0 aromatic heterocycles. The van der Waals surface area contributed by atoms with E-state index in [0.29, 0.717) is 22.0 Å². The van der Waals surface area contributed by atoms with Crippen molar-refractivity contribution in [3.8, 4) is 5.75 Å². The summed E-state index contributed by atoms with van der Waals surface area (Å²) >= 11 is 6.24. The predicted molar refractivity (Wildman–Crippen MR) is 97.5 cm³/mol. The lowest BCUT2D eigenvalue weighted by molar-refractivity contribution is 0.0601. The van der Waals surface area contributed by atoms with Crippen LogP contribution in [0.5, 0.6) is 5.75 Å². The van der Waals surface area contributed by atoms with E-state index >= 15 is 0 Å². The third-order valence-electron chi connectivity index (χ3n) is 4.32. The molecule has 0 aliphatic heterocycles. The summed E-state index contributed by atoms with van der Waals surface area (Å²) in [5.74, 6) is -0.309. The molecular formula is C19H22ClNO3. The number of nitrogens with one attached hydrogen (secondary N) is 1. The molecule has 4 nitrogen and oxygen atoms in total. The highest BCUT2D eigenvalue weighted by atomic mass is 35.5. The summed E-state index contributed by atoms with van der Waals surface area (Å²) in [6.45, 7) is 6.44. The van der Waals surface area contributed by atoms with E-state index < -0.39 is 5.97 Å². The Morgan fingerprint density at radius 2 is 1.92 bits per heavy atom. The van der Waals surface area contributed by atoms with Crippen molar-refractivity contribution in [1.82, 2.24) is 0 Å². The molecule has 2 aromatic rings. The zero-order chi connectivity index (χ0) is 17.9. The van der Waals surface area contributed by atoms with E-state index in [2.05, 4.69) is 30.8 Å². The predicted octanol–water partition coefficient (Wildman–Crippen LogP) is 5.26. The van der Waals surface area contributed by atoms with Crippen molar-refractivity contribution in [3.63, 3.8) is 0 Å². The summed E-state index contributed by atoms with van der Waals surface area (Å²) in [5.41, 5.74) is 2.67. The molecule has 5 heteroatoms. The van der Waals surface area contributed by atoms with Crippen molar-refractivity contribution in [2.45, 2.75) is 32.6 Å². The van der Waals surface area contributed by atoms with E-state index in [-0.39, 0.29) is 11.2 Å². The Kier molecular flexibility index (Phi) is 5.40. The fourth-order valence-corrected chi connectivity index (χ4v) is 2.50. The number of hydrogen-bond donors (Lipinski definition) is 2. The number of carbonyl (C=O) groups excluding carboxylic acids is 1. The Bertz CT molecular complexity index is 756. The lowest BCUT2D eigenvalue weighted by atomic mass is 9.82. The number of hydrogen-bond acceptors (Lipinski definition) is 4. The lowest BCUT2D eigenvalue weighted by Crippen LogP contribution is -2.15. The molecule has 0 amide bonds. The fraction of sp³-hybridized carbons (Fsp3) is 0.316. The molecule has 0 saturated heterocycles. The summed E-state index contributed by atoms with van der Waals surface area (Å²) in [7, 11) is 1.32. The maximum absolute atomic E-state index is 11.5. The Hall–Kier alpha value is -2.20. The van der Waals surface area contributed by atoms with Crippen LogP contribution in [0.4, 0.5) is 11.4 Å². The van der Waals surface area contributed by atoms with Crippen LogP contribution in [0.15, 0.2) is 36.4 Å². The second-order valence-electron chi connectivity index (χ2n) is 6.28. The Morgan fingerprint density at radius 1 is 1.21 bits per heavy atom. The normalized spacial score (nSPS) is 11.2. The van der Waals surface area contributed by atoms with E-state index in [0.717, 1.165) is 12.0 Å². The van der Waals surface area contributed by atoms with Gasteiger partial charge in [-0.25, -0.2) is 4.79 Å². The number of anilines is 2. The summed E-state index contributed by atoms with van der Waals surface area (Å²) in [6, 6.07) is 10.4. The van der Waals surface area contributed by atoms with Gasteiger partial charge in [-0.3, -0.25) is 0 Å². The average Bonchev–Trinajstić information content (AvgIpc) is 2.57. The van der Waals surface area contributed by atoms with Gasteiger partial charge in [-0.15, -0.1) is 0 Å². The Labute approximate surface area is 147 Å². The van der Waals surface area contributed by atoms with Gasteiger partial charge in [-0.2, -0.15) is 0 Å². The fourth-order valence-electron chi connectivity index (χ4n) is 2.27. The third kappa shape index (κ3) is 3.82. The second-order valence-corrected chi connectivity index (χ2v) is 6.69. The molecule has 2 aromatic carbocycles. The Balaban J connectivity index is 2.34. The monoisotopic (exact) mass is 347 g/mol. The van der Waals surface area contributed by atoms with Crippen molar-refractivity contribution in [3.05, 3.63) is 52.5 Å². The molecule has 0 atom stereocenters. The highest BCUT2D eigenvalue weighted by Gasteiger charge is 2.19. The highest BCUT2D eigenvalue weighted by Crippen LogP contribution is 2.36. The molecule has 2 rings (SSSR count). The number of carbonyl (C=O) groups is 1. The minimum absolute atomic E-state index is 0.00264. The SMILES string of the molecule is CCC(C)(C)c1ccc(O)c(Nc2ccc(C(=O)OC)cc2Cl)c1. The second kappa shape index (κ2) is 7.14. The van der Waals surface area contributed by atoms with E-state index in [1.165, 1.54) is 13.2 Å². The Morgan fingerprint density at radius 3 is 2.50 bits per heavy atom. The number of ether oxygens (including phenoxy) is 1. The van der Waals surface area contributed by atoms with Gasteiger partial charge in [0, 0.05) is 0 Å². The number of methoxy groups -OCH3 is 1. The number of phenolic OH excluding ortho intramolecular Hbond substituents is 1. The molecule has 0 fully saturated rings. The first-order chi connectivity index (χ1) is 11.3. The molecule has 2 N–H and O–H groups in total. The molecular weight excluding hydrogens is 326 g/mol. The summed E-state index contributed by atoms with van der Waals surface area (Å²) < 4.78 is 4.68. The van der Waals surface area contributed by atoms with Crippen LogP contribution < -0.4 is 5.32 Å². The van der Waals surface area contributed by atoms with Crippen molar-refractivity contribution in [2.24, 2.45) is 0 Å². The highest BCUT2D eigenvalue weighted by molar-refractivity contribution is 6.33. The van der Waals surface area contributed by atoms with Crippen LogP contribution in [-0.2, 0) is 10.2 Å². The van der Waals surface area contributed by atoms with Crippen LogP contribution in [0.1, 0.15) is 43.1 Å². The van der Waals surface area contributed by atoms with Crippen LogP contribution in [0, 0.1) is 0 Å². The number of aromatic hydroxyl groups is 1. The van der Waals surface area contributed by atoms with Gasteiger partial charge in [-0.1, -0.05) is 38.4 Å². The van der Waals surface area contributed by atoms with Gasteiger partial charge >= 0.3 is 5.97 Å². The van der Waals surface area contributed by atoms with E-state index in [9.17, 15) is 9.90 Å². The van der Waals surface area contributed by atoms with Gasteiger partial charge in [-0.05, 0) is 47.7 Å². The maximum atomic E-state index is 11.5. The topological polar surface area (TPSA) is 58.6 Å². The molecule has 0 aliphatic carbocycles. The van der Waals surface area contributed by atoms with Gasteiger partial charge in [0.2, 0.25) is 0 Å². The maximum Gasteiger partial charge on any atom is 0.337 e. The molecule has 128 valence electrons. The van der Waals surface area contributed by atoms with Gasteiger partial charge in [0.25, 0.3) is 0 Å². The molecule has 0 radical (unpaired) electrons. The lowest BCUT2D eigenvalue weighted by Gasteiger charge is -2.24. The standard InChI is InChI=1S/C19H22ClNO3/c1-5-19(2,3)13-7-9-17(22)16(11-13)21-15-8-6-12(10-14(15)20)18(23)24-4/h6-11,21-22H,5H2,1-4H3. The quantitative estimate of drug-likeness (QED) is 0.572. The first-order valence-electron chi connectivity index (χ1n) is 7.77. The van der Waals surface area contributed by atoms with Crippen molar-refractivity contribution in [2.75, 3.05) is 12.4 Å². The first kappa shape index (κ1) is 18.1. The van der Waals surface area contributed by atoms with Crippen LogP contribution in [0.2, 0.25) is 5.02 Å². The number of phenols is 1. The van der Waals surface area contributed by atoms with Crippen molar-refractivity contribution < 1.29 is 14.6 Å². The number of esters is 1. The molecule has 0 saturated carbocycles. The van der Waals surface area contributed by atoms with Crippen LogP contribution in [-0.4, -0.2) is 18.2 Å². The van der Waals surface area contributed by atoms with Crippen molar-refractivity contribution in [1.29, 1.82) is 0 Å². The average molecular weight is 348 g/mol. The molecule has 0 aliphatic rings. The number of halogens is 1. The first-order valence-corrected chi connectivity index (χ1v) is 8.14. The van der Waals surface area contributed by atoms with Gasteiger partial charge < -0.3 is 15.2 Å². The van der Waals surface area contributed by atoms with Crippen molar-refractivity contribution >= 4 is 28.9 Å². The third-order valence-corrected chi connectivity index (χ3v) is 4.63. The van der Waals surface area contributed by atoms with E-state index in [1.807, 2.05) is 12.1 Å². The minimum atomic E-state index is -0.446. The smallest absolute Gasteiger partial charge is 0.337 e. The molecule has 0 spiro atoms. The number of rotatable bonds is 5. The van der Waals surface area contributed by atoms with E-state index in [4.69, 9.17) is 11.6 Å². The summed E-state index contributed by atoms with van der Waals surface area (Å²) in [5, 5.41) is 13.6. The summed E-state index contributed by atoms with van der Waals surface area (Å²) in [4.78, 5) is 11.5. The molecule has 0 unspecified atom stereocenters.